The number of ether oxygens (including phenoxy) is 1. The lowest BCUT2D eigenvalue weighted by Crippen LogP contribution is -2.58. The molecule has 0 bridgehead atoms. The van der Waals surface area contributed by atoms with Crippen LogP contribution in [0.3, 0.4) is 0 Å². The molecule has 1 aliphatic heterocycles. The van der Waals surface area contributed by atoms with Crippen molar-refractivity contribution < 1.29 is 23.9 Å². The molecule has 2 fully saturated rings. The Morgan fingerprint density at radius 3 is 2.70 bits per heavy atom. The quantitative estimate of drug-likeness (QED) is 0.431. The third-order valence-electron chi connectivity index (χ3n) is 5.20. The molecule has 3 atom stereocenters. The van der Waals surface area contributed by atoms with Crippen molar-refractivity contribution in [2.75, 3.05) is 20.2 Å². The summed E-state index contributed by atoms with van der Waals surface area (Å²) >= 11 is 0. The number of hydrazine groups is 1. The van der Waals surface area contributed by atoms with E-state index in [9.17, 15) is 19.2 Å². The number of rotatable bonds is 4. The summed E-state index contributed by atoms with van der Waals surface area (Å²) in [6.45, 7) is 6.71. The molecule has 0 radical (unpaired) electrons. The number of esters is 1. The number of hydrogen-bond acceptors (Lipinski definition) is 6. The zero-order valence-corrected chi connectivity index (χ0v) is 16.3. The van der Waals surface area contributed by atoms with E-state index in [2.05, 4.69) is 34.3 Å². The third kappa shape index (κ3) is 5.53. The molecular formula is C18H28N4O5. The standard InChI is InChI=1S/C18H28N4O5/c1-17(2)6-13(20-11-23)7-18(3,9-17)10-19-16(26)22-8-12(15(25)27-4)5-14(24)21-22/h12-13H,5-10H2,1-4H3,(H,19,26)(H,21,24). The Bertz CT molecular complexity index is 658. The van der Waals surface area contributed by atoms with Crippen molar-refractivity contribution in [2.45, 2.75) is 52.5 Å². The number of nitrogens with zero attached hydrogens (tertiary/aromatic N) is 2. The van der Waals surface area contributed by atoms with E-state index in [1.807, 2.05) is 6.92 Å². The second-order valence-corrected chi connectivity index (χ2v) is 8.66. The van der Waals surface area contributed by atoms with Gasteiger partial charge in [-0.1, -0.05) is 20.8 Å². The van der Waals surface area contributed by atoms with E-state index in [-0.39, 0.29) is 29.8 Å². The van der Waals surface area contributed by atoms with Crippen molar-refractivity contribution in [3.63, 3.8) is 0 Å². The molecule has 0 spiro atoms. The highest BCUT2D eigenvalue weighted by Gasteiger charge is 2.42. The van der Waals surface area contributed by atoms with Gasteiger partial charge in [0.2, 0.25) is 12.0 Å². The van der Waals surface area contributed by atoms with Gasteiger partial charge in [-0.2, -0.15) is 0 Å². The first-order chi connectivity index (χ1) is 12.6. The summed E-state index contributed by atoms with van der Waals surface area (Å²) in [5, 5.41) is 3.96. The monoisotopic (exact) mass is 380 g/mol. The number of carbonyl (C=O) groups is 3. The summed E-state index contributed by atoms with van der Waals surface area (Å²) in [4.78, 5) is 50.6. The van der Waals surface area contributed by atoms with Crippen molar-refractivity contribution in [2.24, 2.45) is 21.7 Å². The van der Waals surface area contributed by atoms with Crippen LogP contribution in [0.1, 0.15) is 46.5 Å². The molecule has 1 saturated heterocycles. The summed E-state index contributed by atoms with van der Waals surface area (Å²) in [5.41, 5.74) is 2.21. The Hall–Kier alpha value is -2.41. The van der Waals surface area contributed by atoms with Gasteiger partial charge in [-0.3, -0.25) is 15.0 Å². The van der Waals surface area contributed by atoms with Crippen LogP contribution in [0.15, 0.2) is 4.99 Å². The van der Waals surface area contributed by atoms with Gasteiger partial charge >= 0.3 is 12.0 Å². The van der Waals surface area contributed by atoms with Crippen LogP contribution < -0.4 is 10.7 Å². The molecule has 0 aromatic heterocycles. The summed E-state index contributed by atoms with van der Waals surface area (Å²) in [6.07, 6.45) is 3.97. The minimum Gasteiger partial charge on any atom is -0.469 e. The van der Waals surface area contributed by atoms with Crippen LogP contribution in [0.25, 0.3) is 0 Å². The zero-order valence-electron chi connectivity index (χ0n) is 16.3. The fraction of sp³-hybridized carbons (Fsp3) is 0.778. The lowest BCUT2D eigenvalue weighted by atomic mass is 9.63. The maximum Gasteiger partial charge on any atom is 0.336 e. The maximum absolute atomic E-state index is 12.5. The van der Waals surface area contributed by atoms with Crippen LogP contribution in [0.2, 0.25) is 0 Å². The van der Waals surface area contributed by atoms with Gasteiger partial charge in [0, 0.05) is 13.0 Å². The number of amides is 3. The van der Waals surface area contributed by atoms with E-state index in [4.69, 9.17) is 0 Å². The number of hydrogen-bond donors (Lipinski definition) is 2. The number of urea groups is 1. The SMILES string of the molecule is COC(=O)C1CC(=O)NN(C(=O)NCC2(C)CC(N=C=O)CC(C)(C)C2)C1. The van der Waals surface area contributed by atoms with Crippen molar-refractivity contribution >= 4 is 24.0 Å². The molecule has 0 aromatic carbocycles. The predicted octanol–water partition coefficient (Wildman–Crippen LogP) is 1.14. The number of carbonyl (C=O) groups excluding carboxylic acids is 4. The highest BCUT2D eigenvalue weighted by atomic mass is 16.5. The van der Waals surface area contributed by atoms with Crippen LogP contribution in [-0.2, 0) is 19.1 Å². The van der Waals surface area contributed by atoms with E-state index in [0.29, 0.717) is 13.0 Å². The van der Waals surface area contributed by atoms with Crippen LogP contribution in [0, 0.1) is 16.7 Å². The van der Waals surface area contributed by atoms with Gasteiger partial charge in [0.25, 0.3) is 0 Å². The normalized spacial score (nSPS) is 29.9. The Kier molecular flexibility index (Phi) is 6.26. The van der Waals surface area contributed by atoms with Crippen molar-refractivity contribution in [1.82, 2.24) is 15.8 Å². The van der Waals surface area contributed by atoms with Gasteiger partial charge in [-0.25, -0.2) is 19.6 Å². The zero-order chi connectivity index (χ0) is 20.2. The Balaban J connectivity index is 1.99. The first-order valence-electron chi connectivity index (χ1n) is 9.07. The lowest BCUT2D eigenvalue weighted by Gasteiger charge is -2.45. The fourth-order valence-corrected chi connectivity index (χ4v) is 4.47. The molecule has 1 heterocycles. The largest absolute Gasteiger partial charge is 0.469 e. The second kappa shape index (κ2) is 8.08. The summed E-state index contributed by atoms with van der Waals surface area (Å²) < 4.78 is 4.68. The summed E-state index contributed by atoms with van der Waals surface area (Å²) in [7, 11) is 1.25. The molecule has 3 unspecified atom stereocenters. The molecule has 1 aliphatic carbocycles. The highest BCUT2D eigenvalue weighted by molar-refractivity contribution is 5.87. The van der Waals surface area contributed by atoms with Crippen LogP contribution in [0.5, 0.6) is 0 Å². The molecule has 0 aromatic rings. The molecule has 1 saturated carbocycles. The lowest BCUT2D eigenvalue weighted by molar-refractivity contribution is -0.151. The van der Waals surface area contributed by atoms with Gasteiger partial charge in [-0.05, 0) is 30.1 Å². The van der Waals surface area contributed by atoms with Gasteiger partial charge in [0.15, 0.2) is 0 Å². The number of aliphatic imine (C=N–C) groups is 1. The highest BCUT2D eigenvalue weighted by Crippen LogP contribution is 2.46. The Morgan fingerprint density at radius 1 is 1.37 bits per heavy atom. The Morgan fingerprint density at radius 2 is 2.07 bits per heavy atom. The molecule has 9 heteroatoms. The number of nitrogens with one attached hydrogen (secondary N) is 2. The molecule has 2 aliphatic rings. The summed E-state index contributed by atoms with van der Waals surface area (Å²) in [6, 6.07) is -0.594. The topological polar surface area (TPSA) is 117 Å². The molecule has 150 valence electrons. The van der Waals surface area contributed by atoms with E-state index >= 15 is 0 Å². The van der Waals surface area contributed by atoms with Crippen LogP contribution in [0.4, 0.5) is 4.79 Å². The van der Waals surface area contributed by atoms with E-state index in [1.54, 1.807) is 6.08 Å². The minimum atomic E-state index is -0.676. The van der Waals surface area contributed by atoms with Crippen molar-refractivity contribution in [3.8, 4) is 0 Å². The smallest absolute Gasteiger partial charge is 0.336 e. The van der Waals surface area contributed by atoms with E-state index in [0.717, 1.165) is 17.9 Å². The molecule has 2 rings (SSSR count). The predicted molar refractivity (Wildman–Crippen MR) is 96.0 cm³/mol. The van der Waals surface area contributed by atoms with Gasteiger partial charge in [0.05, 0.1) is 25.6 Å². The second-order valence-electron chi connectivity index (χ2n) is 8.66. The first-order valence-corrected chi connectivity index (χ1v) is 9.07. The molecule has 9 nitrogen and oxygen atoms in total. The number of isocyanates is 1. The third-order valence-corrected chi connectivity index (χ3v) is 5.20. The van der Waals surface area contributed by atoms with Gasteiger partial charge in [0.1, 0.15) is 0 Å². The molecule has 2 N–H and O–H groups in total. The van der Waals surface area contributed by atoms with E-state index in [1.165, 1.54) is 7.11 Å². The van der Waals surface area contributed by atoms with Gasteiger partial charge in [-0.15, -0.1) is 0 Å². The molecule has 27 heavy (non-hydrogen) atoms. The van der Waals surface area contributed by atoms with Crippen molar-refractivity contribution in [1.29, 1.82) is 0 Å². The summed E-state index contributed by atoms with van der Waals surface area (Å²) in [5.74, 6) is -1.60. The average molecular weight is 380 g/mol. The Labute approximate surface area is 158 Å². The van der Waals surface area contributed by atoms with Crippen LogP contribution >= 0.6 is 0 Å². The van der Waals surface area contributed by atoms with Crippen molar-refractivity contribution in [3.05, 3.63) is 0 Å². The first kappa shape index (κ1) is 20.9. The molecule has 3 amide bonds. The fourth-order valence-electron chi connectivity index (χ4n) is 4.47. The number of methoxy groups -OCH3 is 1. The van der Waals surface area contributed by atoms with Crippen LogP contribution in [-0.4, -0.2) is 55.2 Å². The van der Waals surface area contributed by atoms with E-state index < -0.39 is 23.8 Å². The average Bonchev–Trinajstić information content (AvgIpc) is 2.57. The van der Waals surface area contributed by atoms with Gasteiger partial charge < -0.3 is 10.1 Å². The molecular weight excluding hydrogens is 352 g/mol. The minimum absolute atomic E-state index is 0.00621. The maximum atomic E-state index is 12.5.